The van der Waals surface area contributed by atoms with E-state index in [0.29, 0.717) is 42.8 Å². The second kappa shape index (κ2) is 9.03. The zero-order chi connectivity index (χ0) is 23.0. The van der Waals surface area contributed by atoms with E-state index in [1.807, 2.05) is 42.6 Å². The summed E-state index contributed by atoms with van der Waals surface area (Å²) >= 11 is 7.79. The van der Waals surface area contributed by atoms with Gasteiger partial charge in [-0.05, 0) is 36.1 Å². The number of nitrogens with zero attached hydrogens (tertiary/aromatic N) is 2. The number of halogens is 1. The van der Waals surface area contributed by atoms with Gasteiger partial charge in [-0.2, -0.15) is 0 Å². The van der Waals surface area contributed by atoms with Crippen LogP contribution in [0, 0.1) is 0 Å². The summed E-state index contributed by atoms with van der Waals surface area (Å²) < 4.78 is 0. The SMILES string of the molecule is CN(C)c1ccc(CC(=O)CCc2scc3c2CN(C2CCC(=O)NC2=O)C3=O)cc1Cl. The van der Waals surface area contributed by atoms with Gasteiger partial charge in [-0.15, -0.1) is 11.3 Å². The molecule has 1 fully saturated rings. The van der Waals surface area contributed by atoms with Gasteiger partial charge in [0.25, 0.3) is 5.91 Å². The van der Waals surface area contributed by atoms with Crippen molar-refractivity contribution in [3.05, 3.63) is 50.2 Å². The van der Waals surface area contributed by atoms with Gasteiger partial charge in [0.2, 0.25) is 11.8 Å². The van der Waals surface area contributed by atoms with Crippen molar-refractivity contribution in [2.45, 2.75) is 44.7 Å². The molecule has 1 saturated heterocycles. The third-order valence-corrected chi connectivity index (χ3v) is 7.30. The highest BCUT2D eigenvalue weighted by molar-refractivity contribution is 7.10. The Bertz CT molecular complexity index is 1110. The number of aryl methyl sites for hydroxylation is 1. The Labute approximate surface area is 195 Å². The van der Waals surface area contributed by atoms with Crippen LogP contribution in [0.3, 0.4) is 0 Å². The van der Waals surface area contributed by atoms with E-state index >= 15 is 0 Å². The maximum absolute atomic E-state index is 12.8. The number of thiophene rings is 1. The molecule has 3 heterocycles. The average molecular weight is 474 g/mol. The summed E-state index contributed by atoms with van der Waals surface area (Å²) in [4.78, 5) is 53.4. The minimum atomic E-state index is -0.623. The Morgan fingerprint density at radius 1 is 1.28 bits per heavy atom. The van der Waals surface area contributed by atoms with E-state index < -0.39 is 11.9 Å². The highest BCUT2D eigenvalue weighted by Crippen LogP contribution is 2.34. The van der Waals surface area contributed by atoms with Gasteiger partial charge in [0.05, 0.1) is 16.3 Å². The quantitative estimate of drug-likeness (QED) is 0.625. The molecule has 9 heteroatoms. The van der Waals surface area contributed by atoms with Crippen molar-refractivity contribution < 1.29 is 19.2 Å². The van der Waals surface area contributed by atoms with E-state index in [9.17, 15) is 19.2 Å². The maximum atomic E-state index is 12.8. The van der Waals surface area contributed by atoms with Crippen LogP contribution in [0.4, 0.5) is 5.69 Å². The van der Waals surface area contributed by atoms with Crippen molar-refractivity contribution in [2.24, 2.45) is 0 Å². The largest absolute Gasteiger partial charge is 0.376 e. The first-order valence-corrected chi connectivity index (χ1v) is 11.7. The number of hydrogen-bond acceptors (Lipinski definition) is 6. The Balaban J connectivity index is 1.38. The summed E-state index contributed by atoms with van der Waals surface area (Å²) in [5.74, 6) is -0.797. The molecule has 3 amide bonds. The minimum absolute atomic E-state index is 0.104. The Morgan fingerprint density at radius 3 is 2.75 bits per heavy atom. The van der Waals surface area contributed by atoms with Crippen molar-refractivity contribution in [3.8, 4) is 0 Å². The molecule has 1 aromatic heterocycles. The highest BCUT2D eigenvalue weighted by atomic mass is 35.5. The van der Waals surface area contributed by atoms with Gasteiger partial charge < -0.3 is 9.80 Å². The number of Topliss-reactive ketones (excluding diaryl/α,β-unsaturated/α-hetero) is 1. The molecule has 1 atom stereocenters. The fourth-order valence-electron chi connectivity index (χ4n) is 4.21. The Kier molecular flexibility index (Phi) is 6.35. The number of imide groups is 1. The molecule has 2 aromatic rings. The first-order chi connectivity index (χ1) is 15.2. The van der Waals surface area contributed by atoms with Gasteiger partial charge in [0.15, 0.2) is 0 Å². The normalized spacial score (nSPS) is 18.0. The third kappa shape index (κ3) is 4.42. The van der Waals surface area contributed by atoms with Crippen LogP contribution in [-0.4, -0.2) is 48.5 Å². The van der Waals surface area contributed by atoms with Gasteiger partial charge in [-0.25, -0.2) is 0 Å². The van der Waals surface area contributed by atoms with Crippen molar-refractivity contribution >= 4 is 52.1 Å². The lowest BCUT2D eigenvalue weighted by molar-refractivity contribution is -0.137. The molecule has 1 aromatic carbocycles. The molecule has 0 radical (unpaired) electrons. The second-order valence-electron chi connectivity index (χ2n) is 8.35. The summed E-state index contributed by atoms with van der Waals surface area (Å²) in [6, 6.07) is 5.03. The fraction of sp³-hybridized carbons (Fsp3) is 0.391. The third-order valence-electron chi connectivity index (χ3n) is 5.91. The zero-order valence-electron chi connectivity index (χ0n) is 17.9. The lowest BCUT2D eigenvalue weighted by Crippen LogP contribution is -2.52. The van der Waals surface area contributed by atoms with Crippen molar-refractivity contribution in [3.63, 3.8) is 0 Å². The molecule has 168 valence electrons. The standard InChI is InChI=1S/C23H24ClN3O4S/c1-26(2)18-5-3-13(10-17(18)24)9-14(28)4-7-20-15-11-27(23(31)16(15)12-32-20)19-6-8-21(29)25-22(19)30/h3,5,10,12,19H,4,6-9,11H2,1-2H3,(H,25,29,30). The smallest absolute Gasteiger partial charge is 0.256 e. The molecule has 0 spiro atoms. The van der Waals surface area contributed by atoms with Crippen LogP contribution in [0.5, 0.6) is 0 Å². The Morgan fingerprint density at radius 2 is 2.06 bits per heavy atom. The molecule has 1 unspecified atom stereocenters. The van der Waals surface area contributed by atoms with Gasteiger partial charge in [0.1, 0.15) is 11.8 Å². The maximum Gasteiger partial charge on any atom is 0.256 e. The number of hydrogen-bond donors (Lipinski definition) is 1. The van der Waals surface area contributed by atoms with Gasteiger partial charge in [-0.1, -0.05) is 17.7 Å². The molecule has 32 heavy (non-hydrogen) atoms. The summed E-state index contributed by atoms with van der Waals surface area (Å²) in [6.45, 7) is 0.342. The number of nitrogens with one attached hydrogen (secondary N) is 1. The summed E-state index contributed by atoms with van der Waals surface area (Å²) in [7, 11) is 3.83. The first kappa shape index (κ1) is 22.5. The van der Waals surface area contributed by atoms with Crippen LogP contribution >= 0.6 is 22.9 Å². The summed E-state index contributed by atoms with van der Waals surface area (Å²) in [6.07, 6.45) is 1.80. The van der Waals surface area contributed by atoms with Crippen molar-refractivity contribution in [2.75, 3.05) is 19.0 Å². The lowest BCUT2D eigenvalue weighted by atomic mass is 10.0. The average Bonchev–Trinajstić information content (AvgIpc) is 3.26. The van der Waals surface area contributed by atoms with E-state index in [0.717, 1.165) is 21.7 Å². The van der Waals surface area contributed by atoms with Gasteiger partial charge in [0, 0.05) is 50.2 Å². The van der Waals surface area contributed by atoms with Crippen LogP contribution in [0.15, 0.2) is 23.6 Å². The summed E-state index contributed by atoms with van der Waals surface area (Å²) in [5.41, 5.74) is 3.28. The number of fused-ring (bicyclic) bond motifs is 1. The molecule has 1 N–H and O–H groups in total. The summed E-state index contributed by atoms with van der Waals surface area (Å²) in [5, 5.41) is 4.73. The first-order valence-electron chi connectivity index (χ1n) is 10.5. The van der Waals surface area contributed by atoms with Crippen LogP contribution in [0.25, 0.3) is 0 Å². The Hall–Kier alpha value is -2.71. The minimum Gasteiger partial charge on any atom is -0.376 e. The van der Waals surface area contributed by atoms with Crippen LogP contribution in [-0.2, 0) is 33.8 Å². The molecule has 0 bridgehead atoms. The predicted octanol–water partition coefficient (Wildman–Crippen LogP) is 2.97. The van der Waals surface area contributed by atoms with Crippen LogP contribution in [0.1, 0.15) is 45.6 Å². The van der Waals surface area contributed by atoms with E-state index in [1.165, 1.54) is 11.3 Å². The number of amides is 3. The zero-order valence-corrected chi connectivity index (χ0v) is 19.5. The van der Waals surface area contributed by atoms with E-state index in [-0.39, 0.29) is 24.0 Å². The van der Waals surface area contributed by atoms with Crippen molar-refractivity contribution in [1.82, 2.24) is 10.2 Å². The molecular formula is C23H24ClN3O4S. The van der Waals surface area contributed by atoms with Crippen molar-refractivity contribution in [1.29, 1.82) is 0 Å². The molecule has 7 nitrogen and oxygen atoms in total. The number of carbonyl (C=O) groups is 4. The second-order valence-corrected chi connectivity index (χ2v) is 9.72. The van der Waals surface area contributed by atoms with E-state index in [2.05, 4.69) is 5.32 Å². The number of rotatable bonds is 7. The van der Waals surface area contributed by atoms with Gasteiger partial charge in [-0.3, -0.25) is 24.5 Å². The molecule has 2 aliphatic heterocycles. The number of benzene rings is 1. The molecular weight excluding hydrogens is 450 g/mol. The van der Waals surface area contributed by atoms with Crippen LogP contribution < -0.4 is 10.2 Å². The number of piperidine rings is 1. The van der Waals surface area contributed by atoms with Crippen LogP contribution in [0.2, 0.25) is 5.02 Å². The fourth-order valence-corrected chi connectivity index (χ4v) is 5.62. The number of carbonyl (C=O) groups excluding carboxylic acids is 4. The predicted molar refractivity (Wildman–Crippen MR) is 123 cm³/mol. The number of anilines is 1. The topological polar surface area (TPSA) is 86.8 Å². The number of ketones is 1. The molecule has 4 rings (SSSR count). The molecule has 0 aliphatic carbocycles. The highest BCUT2D eigenvalue weighted by Gasteiger charge is 2.40. The molecule has 0 saturated carbocycles. The lowest BCUT2D eigenvalue weighted by Gasteiger charge is -2.29. The monoisotopic (exact) mass is 473 g/mol. The van der Waals surface area contributed by atoms with E-state index in [1.54, 1.807) is 4.90 Å². The molecule has 2 aliphatic rings. The van der Waals surface area contributed by atoms with E-state index in [4.69, 9.17) is 11.6 Å². The van der Waals surface area contributed by atoms with Gasteiger partial charge >= 0.3 is 0 Å².